The molecule has 0 bridgehead atoms. The zero-order valence-electron chi connectivity index (χ0n) is 12.8. The van der Waals surface area contributed by atoms with Crippen molar-refractivity contribution in [3.63, 3.8) is 0 Å². The van der Waals surface area contributed by atoms with Crippen molar-refractivity contribution in [1.82, 2.24) is 10.3 Å². The molecule has 1 fully saturated rings. The van der Waals surface area contributed by atoms with Crippen molar-refractivity contribution in [3.05, 3.63) is 36.5 Å². The fourth-order valence-corrected chi connectivity index (χ4v) is 2.66. The van der Waals surface area contributed by atoms with Gasteiger partial charge in [-0.05, 0) is 37.3 Å². The lowest BCUT2D eigenvalue weighted by molar-refractivity contribution is -0.121. The van der Waals surface area contributed by atoms with Crippen LogP contribution in [0.1, 0.15) is 31.2 Å². The van der Waals surface area contributed by atoms with Crippen LogP contribution in [0, 0.1) is 17.2 Å². The number of nitrogens with zero attached hydrogens (tertiary/aromatic N) is 3. The Balaban J connectivity index is 1.80. The highest BCUT2D eigenvalue weighted by Crippen LogP contribution is 2.23. The normalized spacial score (nSPS) is 15.1. The number of hydrogen-bond donors (Lipinski definition) is 1. The van der Waals surface area contributed by atoms with Gasteiger partial charge in [-0.3, -0.25) is 4.79 Å². The molecule has 0 aromatic carbocycles. The SMILES string of the molecule is C=CCCC(=O)NCC1CCN(c2ncccc2C#N)CC1. The van der Waals surface area contributed by atoms with E-state index in [1.54, 1.807) is 24.4 Å². The van der Waals surface area contributed by atoms with E-state index in [1.807, 2.05) is 0 Å². The minimum atomic E-state index is 0.0961. The summed E-state index contributed by atoms with van der Waals surface area (Å²) < 4.78 is 0. The van der Waals surface area contributed by atoms with E-state index in [1.165, 1.54) is 0 Å². The number of aromatic nitrogens is 1. The summed E-state index contributed by atoms with van der Waals surface area (Å²) in [5, 5.41) is 12.1. The summed E-state index contributed by atoms with van der Waals surface area (Å²) in [6, 6.07) is 5.78. The monoisotopic (exact) mass is 298 g/mol. The van der Waals surface area contributed by atoms with Crippen molar-refractivity contribution in [1.29, 1.82) is 5.26 Å². The summed E-state index contributed by atoms with van der Waals surface area (Å²) in [4.78, 5) is 18.1. The molecule has 1 amide bonds. The molecular formula is C17H22N4O. The van der Waals surface area contributed by atoms with Crippen molar-refractivity contribution in [3.8, 4) is 6.07 Å². The number of anilines is 1. The van der Waals surface area contributed by atoms with Crippen molar-refractivity contribution in [2.75, 3.05) is 24.5 Å². The van der Waals surface area contributed by atoms with E-state index in [9.17, 15) is 4.79 Å². The van der Waals surface area contributed by atoms with Gasteiger partial charge in [-0.2, -0.15) is 5.26 Å². The van der Waals surface area contributed by atoms with Crippen molar-refractivity contribution < 1.29 is 4.79 Å². The number of rotatable bonds is 6. The molecule has 1 N–H and O–H groups in total. The average Bonchev–Trinajstić information content (AvgIpc) is 2.58. The van der Waals surface area contributed by atoms with Crippen LogP contribution < -0.4 is 10.2 Å². The lowest BCUT2D eigenvalue weighted by atomic mass is 9.96. The van der Waals surface area contributed by atoms with Gasteiger partial charge < -0.3 is 10.2 Å². The van der Waals surface area contributed by atoms with Crippen LogP contribution in [0.15, 0.2) is 31.0 Å². The van der Waals surface area contributed by atoms with Gasteiger partial charge in [0.2, 0.25) is 5.91 Å². The molecule has 0 aliphatic carbocycles. The Bertz CT molecular complexity index is 556. The number of carbonyl (C=O) groups is 1. The molecule has 0 radical (unpaired) electrons. The third-order valence-corrected chi connectivity index (χ3v) is 3.98. The number of allylic oxidation sites excluding steroid dienone is 1. The number of amides is 1. The Morgan fingerprint density at radius 2 is 2.32 bits per heavy atom. The molecule has 1 aromatic rings. The van der Waals surface area contributed by atoms with E-state index in [0.29, 0.717) is 17.9 Å². The first-order valence-corrected chi connectivity index (χ1v) is 7.72. The van der Waals surface area contributed by atoms with E-state index < -0.39 is 0 Å². The van der Waals surface area contributed by atoms with Gasteiger partial charge in [-0.1, -0.05) is 6.08 Å². The average molecular weight is 298 g/mol. The highest BCUT2D eigenvalue weighted by molar-refractivity contribution is 5.75. The molecule has 1 saturated heterocycles. The van der Waals surface area contributed by atoms with E-state index in [-0.39, 0.29) is 5.91 Å². The van der Waals surface area contributed by atoms with Crippen LogP contribution in [0.5, 0.6) is 0 Å². The molecule has 2 heterocycles. The lowest BCUT2D eigenvalue weighted by Crippen LogP contribution is -2.39. The predicted octanol–water partition coefficient (Wildman–Crippen LogP) is 2.25. The van der Waals surface area contributed by atoms with Crippen LogP contribution in [0.4, 0.5) is 5.82 Å². The third kappa shape index (κ3) is 4.32. The number of carbonyl (C=O) groups excluding carboxylic acids is 1. The number of piperidine rings is 1. The first kappa shape index (κ1) is 16.0. The third-order valence-electron chi connectivity index (χ3n) is 3.98. The summed E-state index contributed by atoms with van der Waals surface area (Å²) >= 11 is 0. The maximum atomic E-state index is 11.6. The molecule has 0 atom stereocenters. The molecule has 1 aromatic heterocycles. The fourth-order valence-electron chi connectivity index (χ4n) is 2.66. The van der Waals surface area contributed by atoms with Gasteiger partial charge in [-0.25, -0.2) is 4.98 Å². The molecule has 22 heavy (non-hydrogen) atoms. The minimum absolute atomic E-state index is 0.0961. The molecule has 5 nitrogen and oxygen atoms in total. The molecule has 5 heteroatoms. The smallest absolute Gasteiger partial charge is 0.220 e. The van der Waals surface area contributed by atoms with Gasteiger partial charge in [-0.15, -0.1) is 6.58 Å². The highest BCUT2D eigenvalue weighted by atomic mass is 16.1. The predicted molar refractivity (Wildman–Crippen MR) is 86.3 cm³/mol. The Kier molecular flexibility index (Phi) is 5.96. The number of nitrogens with one attached hydrogen (secondary N) is 1. The number of hydrogen-bond acceptors (Lipinski definition) is 4. The summed E-state index contributed by atoms with van der Waals surface area (Å²) in [6.07, 6.45) is 6.73. The molecule has 1 aliphatic heterocycles. The molecule has 2 rings (SSSR count). The zero-order chi connectivity index (χ0) is 15.8. The molecular weight excluding hydrogens is 276 g/mol. The van der Waals surface area contributed by atoms with Crippen molar-refractivity contribution >= 4 is 11.7 Å². The lowest BCUT2D eigenvalue weighted by Gasteiger charge is -2.33. The molecule has 0 saturated carbocycles. The van der Waals surface area contributed by atoms with Crippen molar-refractivity contribution in [2.45, 2.75) is 25.7 Å². The Labute approximate surface area is 131 Å². The second-order valence-electron chi connectivity index (χ2n) is 5.55. The topological polar surface area (TPSA) is 69.0 Å². The summed E-state index contributed by atoms with van der Waals surface area (Å²) in [7, 11) is 0. The standard InChI is InChI=1S/C17H22N4O/c1-2-3-6-16(22)20-13-14-7-10-21(11-8-14)17-15(12-18)5-4-9-19-17/h2,4-5,9,14H,1,3,6-8,10-11,13H2,(H,20,22). The van der Waals surface area contributed by atoms with Crippen LogP contribution in [-0.4, -0.2) is 30.5 Å². The van der Waals surface area contributed by atoms with Crippen LogP contribution >= 0.6 is 0 Å². The Morgan fingerprint density at radius 1 is 1.55 bits per heavy atom. The molecule has 1 aliphatic rings. The zero-order valence-corrected chi connectivity index (χ0v) is 12.8. The first-order chi connectivity index (χ1) is 10.7. The molecule has 116 valence electrons. The fraction of sp³-hybridized carbons (Fsp3) is 0.471. The van der Waals surface area contributed by atoms with Gasteiger partial charge in [0.15, 0.2) is 0 Å². The van der Waals surface area contributed by atoms with Crippen molar-refractivity contribution in [2.24, 2.45) is 5.92 Å². The van der Waals surface area contributed by atoms with Crippen LogP contribution in [0.2, 0.25) is 0 Å². The molecule has 0 unspecified atom stereocenters. The second kappa shape index (κ2) is 8.18. The maximum absolute atomic E-state index is 11.6. The second-order valence-corrected chi connectivity index (χ2v) is 5.55. The Morgan fingerprint density at radius 3 is 3.00 bits per heavy atom. The molecule has 0 spiro atoms. The van der Waals surface area contributed by atoms with E-state index in [0.717, 1.165) is 44.7 Å². The first-order valence-electron chi connectivity index (χ1n) is 7.72. The van der Waals surface area contributed by atoms with Crippen LogP contribution in [0.3, 0.4) is 0 Å². The summed E-state index contributed by atoms with van der Waals surface area (Å²) in [5.74, 6) is 1.37. The van der Waals surface area contributed by atoms with Crippen LogP contribution in [-0.2, 0) is 4.79 Å². The largest absolute Gasteiger partial charge is 0.356 e. The number of nitriles is 1. The maximum Gasteiger partial charge on any atom is 0.220 e. The van der Waals surface area contributed by atoms with Gasteiger partial charge in [0.05, 0.1) is 5.56 Å². The van der Waals surface area contributed by atoms with Gasteiger partial charge >= 0.3 is 0 Å². The quantitative estimate of drug-likeness (QED) is 0.818. The summed E-state index contributed by atoms with van der Waals surface area (Å²) in [5.41, 5.74) is 0.624. The minimum Gasteiger partial charge on any atom is -0.356 e. The van der Waals surface area contributed by atoms with Gasteiger partial charge in [0, 0.05) is 32.3 Å². The van der Waals surface area contributed by atoms with E-state index in [2.05, 4.69) is 27.8 Å². The highest BCUT2D eigenvalue weighted by Gasteiger charge is 2.22. The van der Waals surface area contributed by atoms with Gasteiger partial charge in [0.25, 0.3) is 0 Å². The summed E-state index contributed by atoms with van der Waals surface area (Å²) in [6.45, 7) is 6.10. The van der Waals surface area contributed by atoms with E-state index >= 15 is 0 Å². The van der Waals surface area contributed by atoms with E-state index in [4.69, 9.17) is 5.26 Å². The Hall–Kier alpha value is -2.35. The van der Waals surface area contributed by atoms with Crippen LogP contribution in [0.25, 0.3) is 0 Å². The number of pyridine rings is 1. The van der Waals surface area contributed by atoms with Gasteiger partial charge in [0.1, 0.15) is 11.9 Å².